The van der Waals surface area contributed by atoms with E-state index in [1.165, 1.54) is 6.07 Å². The highest BCUT2D eigenvalue weighted by Crippen LogP contribution is 2.29. The van der Waals surface area contributed by atoms with Gasteiger partial charge in [0.2, 0.25) is 10.0 Å². The number of rotatable bonds is 8. The van der Waals surface area contributed by atoms with Crippen LogP contribution in [0, 0.1) is 17.0 Å². The first-order valence-electron chi connectivity index (χ1n) is 6.07. The number of nitrogens with two attached hydrogens (primary N) is 1. The molecule has 0 saturated carbocycles. The lowest BCUT2D eigenvalue weighted by Crippen LogP contribution is -2.26. The third-order valence-electron chi connectivity index (χ3n) is 2.75. The number of aryl methyl sites for hydroxylation is 1. The maximum Gasteiger partial charge on any atom is 0.295 e. The first-order valence-corrected chi connectivity index (χ1v) is 8.95. The quantitative estimate of drug-likeness (QED) is 0.282. The van der Waals surface area contributed by atoms with Crippen molar-refractivity contribution in [2.24, 2.45) is 5.84 Å². The maximum absolute atomic E-state index is 12.2. The van der Waals surface area contributed by atoms with Crippen LogP contribution in [0.5, 0.6) is 0 Å². The Morgan fingerprint density at radius 3 is 2.62 bits per heavy atom. The second kappa shape index (κ2) is 7.59. The van der Waals surface area contributed by atoms with Crippen LogP contribution in [0.15, 0.2) is 17.0 Å². The summed E-state index contributed by atoms with van der Waals surface area (Å²) in [5.74, 6) is 6.04. The number of hydrogen-bond acceptors (Lipinski definition) is 7. The van der Waals surface area contributed by atoms with E-state index in [9.17, 15) is 18.5 Å². The number of hydrogen-bond donors (Lipinski definition) is 3. The van der Waals surface area contributed by atoms with E-state index < -0.39 is 14.9 Å². The monoisotopic (exact) mass is 334 g/mol. The number of hydrazine groups is 1. The summed E-state index contributed by atoms with van der Waals surface area (Å²) in [6.45, 7) is 1.84. The zero-order valence-corrected chi connectivity index (χ0v) is 13.4. The second-order valence-corrected chi connectivity index (χ2v) is 7.00. The summed E-state index contributed by atoms with van der Waals surface area (Å²) in [5.41, 5.74) is 2.26. The molecule has 0 aliphatic rings. The topological polar surface area (TPSA) is 127 Å². The van der Waals surface area contributed by atoms with Crippen LogP contribution in [0.2, 0.25) is 0 Å². The van der Waals surface area contributed by atoms with Gasteiger partial charge < -0.3 is 5.43 Å². The van der Waals surface area contributed by atoms with Crippen LogP contribution in [0.1, 0.15) is 12.0 Å². The van der Waals surface area contributed by atoms with Gasteiger partial charge in [0, 0.05) is 12.6 Å². The molecule has 0 aromatic heterocycles. The van der Waals surface area contributed by atoms with Gasteiger partial charge >= 0.3 is 0 Å². The van der Waals surface area contributed by atoms with Crippen molar-refractivity contribution >= 4 is 33.2 Å². The van der Waals surface area contributed by atoms with E-state index in [-0.39, 0.29) is 22.8 Å². The third kappa shape index (κ3) is 4.56. The van der Waals surface area contributed by atoms with Crippen LogP contribution in [0.3, 0.4) is 0 Å². The zero-order valence-electron chi connectivity index (χ0n) is 11.8. The summed E-state index contributed by atoms with van der Waals surface area (Å²) < 4.78 is 26.8. The highest BCUT2D eigenvalue weighted by atomic mass is 32.2. The van der Waals surface area contributed by atoms with Crippen molar-refractivity contribution in [3.05, 3.63) is 27.8 Å². The number of nitrogen functional groups attached to an aromatic ring is 1. The number of anilines is 1. The maximum atomic E-state index is 12.2. The van der Waals surface area contributed by atoms with Crippen LogP contribution in [0.25, 0.3) is 0 Å². The molecule has 0 heterocycles. The molecular formula is C11H18N4O4S2. The number of nitro benzene ring substituents is 1. The number of nitrogens with zero attached hydrogens (tertiary/aromatic N) is 1. The Balaban J connectivity index is 3.11. The van der Waals surface area contributed by atoms with Gasteiger partial charge in [-0.25, -0.2) is 13.1 Å². The van der Waals surface area contributed by atoms with Crippen LogP contribution < -0.4 is 16.0 Å². The van der Waals surface area contributed by atoms with E-state index >= 15 is 0 Å². The SMILES string of the molecule is CSCCCNS(=O)(=O)c1cc([N+](=O)[O-])c(NN)cc1C. The Morgan fingerprint density at radius 1 is 1.43 bits per heavy atom. The van der Waals surface area contributed by atoms with E-state index in [1.807, 2.05) is 6.26 Å². The van der Waals surface area contributed by atoms with Gasteiger partial charge in [-0.05, 0) is 37.0 Å². The van der Waals surface area contributed by atoms with Crippen molar-refractivity contribution < 1.29 is 13.3 Å². The summed E-state index contributed by atoms with van der Waals surface area (Å²) >= 11 is 1.62. The molecule has 0 spiro atoms. The van der Waals surface area contributed by atoms with Crippen molar-refractivity contribution in [2.75, 3.05) is 24.0 Å². The normalized spacial score (nSPS) is 11.4. The average Bonchev–Trinajstić information content (AvgIpc) is 2.42. The molecule has 0 bridgehead atoms. The van der Waals surface area contributed by atoms with Crippen LogP contribution in [-0.4, -0.2) is 31.9 Å². The molecule has 0 radical (unpaired) electrons. The summed E-state index contributed by atoms with van der Waals surface area (Å²) in [4.78, 5) is 10.2. The molecule has 1 aromatic carbocycles. The molecule has 0 aliphatic heterocycles. The van der Waals surface area contributed by atoms with Crippen molar-refractivity contribution in [1.29, 1.82) is 0 Å². The minimum Gasteiger partial charge on any atom is -0.318 e. The highest BCUT2D eigenvalue weighted by Gasteiger charge is 2.23. The fourth-order valence-electron chi connectivity index (χ4n) is 1.73. The standard InChI is InChI=1S/C11H18N4O4S2/c1-8-6-9(14-12)10(15(16)17)7-11(8)21(18,19)13-4-3-5-20-2/h6-7,13-14H,3-5,12H2,1-2H3. The van der Waals surface area contributed by atoms with Gasteiger partial charge in [0.15, 0.2) is 0 Å². The molecule has 8 nitrogen and oxygen atoms in total. The predicted octanol–water partition coefficient (Wildman–Crippen LogP) is 1.22. The molecule has 0 aliphatic carbocycles. The second-order valence-electron chi connectivity index (χ2n) is 4.28. The molecular weight excluding hydrogens is 316 g/mol. The highest BCUT2D eigenvalue weighted by molar-refractivity contribution is 7.98. The first-order chi connectivity index (χ1) is 9.83. The van der Waals surface area contributed by atoms with E-state index in [2.05, 4.69) is 10.1 Å². The lowest BCUT2D eigenvalue weighted by Gasteiger charge is -2.11. The van der Waals surface area contributed by atoms with E-state index in [4.69, 9.17) is 5.84 Å². The molecule has 10 heteroatoms. The number of thioether (sulfide) groups is 1. The van der Waals surface area contributed by atoms with Crippen LogP contribution in [-0.2, 0) is 10.0 Å². The molecule has 21 heavy (non-hydrogen) atoms. The molecule has 0 saturated heterocycles. The molecule has 0 unspecified atom stereocenters. The van der Waals surface area contributed by atoms with E-state index in [1.54, 1.807) is 18.7 Å². The van der Waals surface area contributed by atoms with Gasteiger partial charge in [0.1, 0.15) is 5.69 Å². The minimum absolute atomic E-state index is 0.0684. The molecule has 1 aromatic rings. The Hall–Kier alpha value is -1.36. The summed E-state index contributed by atoms with van der Waals surface area (Å²) in [6, 6.07) is 2.36. The van der Waals surface area contributed by atoms with Gasteiger partial charge in [0.25, 0.3) is 5.69 Å². The Morgan fingerprint density at radius 2 is 2.10 bits per heavy atom. The number of benzene rings is 1. The molecule has 0 atom stereocenters. The number of nitrogens with one attached hydrogen (secondary N) is 2. The molecule has 4 N–H and O–H groups in total. The largest absolute Gasteiger partial charge is 0.318 e. The van der Waals surface area contributed by atoms with Crippen molar-refractivity contribution in [3.8, 4) is 0 Å². The van der Waals surface area contributed by atoms with Crippen molar-refractivity contribution in [2.45, 2.75) is 18.2 Å². The number of sulfonamides is 1. The molecule has 0 amide bonds. The van der Waals surface area contributed by atoms with Gasteiger partial charge in [-0.3, -0.25) is 16.0 Å². The molecule has 1 rings (SSSR count). The Labute approximate surface area is 127 Å². The summed E-state index contributed by atoms with van der Waals surface area (Å²) in [6.07, 6.45) is 2.62. The zero-order chi connectivity index (χ0) is 16.0. The van der Waals surface area contributed by atoms with Crippen molar-refractivity contribution in [1.82, 2.24) is 4.72 Å². The predicted molar refractivity (Wildman–Crippen MR) is 83.8 cm³/mol. The van der Waals surface area contributed by atoms with Crippen molar-refractivity contribution in [3.63, 3.8) is 0 Å². The minimum atomic E-state index is -3.78. The Kier molecular flexibility index (Phi) is 6.40. The van der Waals surface area contributed by atoms with Gasteiger partial charge in [-0.15, -0.1) is 0 Å². The lowest BCUT2D eigenvalue weighted by atomic mass is 10.2. The third-order valence-corrected chi connectivity index (χ3v) is 5.05. The van der Waals surface area contributed by atoms with E-state index in [0.717, 1.165) is 11.8 Å². The average molecular weight is 334 g/mol. The van der Waals surface area contributed by atoms with Gasteiger partial charge in [-0.1, -0.05) is 0 Å². The Bertz CT molecular complexity index is 619. The van der Waals surface area contributed by atoms with Crippen LogP contribution >= 0.6 is 11.8 Å². The molecule has 118 valence electrons. The summed E-state index contributed by atoms with van der Waals surface area (Å²) in [7, 11) is -3.78. The first kappa shape index (κ1) is 17.7. The smallest absolute Gasteiger partial charge is 0.295 e. The van der Waals surface area contributed by atoms with Crippen LogP contribution in [0.4, 0.5) is 11.4 Å². The van der Waals surface area contributed by atoms with Gasteiger partial charge in [0.05, 0.1) is 9.82 Å². The lowest BCUT2D eigenvalue weighted by molar-refractivity contribution is -0.384. The van der Waals surface area contributed by atoms with Gasteiger partial charge in [-0.2, -0.15) is 11.8 Å². The van der Waals surface area contributed by atoms with E-state index in [0.29, 0.717) is 12.0 Å². The summed E-state index contributed by atoms with van der Waals surface area (Å²) in [5, 5.41) is 11.0. The molecule has 0 fully saturated rings. The fourth-order valence-corrected chi connectivity index (χ4v) is 3.49. The fraction of sp³-hybridized carbons (Fsp3) is 0.455. The number of nitro groups is 1.